The number of nitrogens with zero attached hydrogens (tertiary/aromatic N) is 4. The molecule has 0 radical (unpaired) electrons. The summed E-state index contributed by atoms with van der Waals surface area (Å²) in [5.41, 5.74) is -1.96. The number of ether oxygens (including phenoxy) is 3. The molecule has 278 valence electrons. The van der Waals surface area contributed by atoms with Crippen molar-refractivity contribution >= 4 is 17.5 Å². The second kappa shape index (κ2) is 17.6. The third-order valence-corrected chi connectivity index (χ3v) is 8.45. The summed E-state index contributed by atoms with van der Waals surface area (Å²) >= 11 is 0. The van der Waals surface area contributed by atoms with Crippen LogP contribution in [0.3, 0.4) is 0 Å². The summed E-state index contributed by atoms with van der Waals surface area (Å²) < 4.78 is 99.2. The summed E-state index contributed by atoms with van der Waals surface area (Å²) in [5.74, 6) is -0.958. The fourth-order valence-electron chi connectivity index (χ4n) is 5.98. The Bertz CT molecular complexity index is 1580. The van der Waals surface area contributed by atoms with Gasteiger partial charge in [-0.15, -0.1) is 0 Å². The van der Waals surface area contributed by atoms with Gasteiger partial charge in [-0.2, -0.15) is 26.3 Å². The molecule has 0 aliphatic carbocycles. The van der Waals surface area contributed by atoms with E-state index in [1.54, 1.807) is 25.9 Å². The number of amides is 2. The molecular weight excluding hydrogens is 682 g/mol. The summed E-state index contributed by atoms with van der Waals surface area (Å²) in [4.78, 5) is 37.0. The van der Waals surface area contributed by atoms with Crippen LogP contribution in [0.25, 0.3) is 0 Å². The first-order valence-electron chi connectivity index (χ1n) is 16.7. The van der Waals surface area contributed by atoms with Crippen molar-refractivity contribution in [2.45, 2.75) is 57.6 Å². The van der Waals surface area contributed by atoms with Gasteiger partial charge in [0.2, 0.25) is 0 Å². The van der Waals surface area contributed by atoms with Gasteiger partial charge in [-0.25, -0.2) is 0 Å². The van der Waals surface area contributed by atoms with Crippen LogP contribution in [0.4, 0.5) is 32.0 Å². The van der Waals surface area contributed by atoms with Crippen LogP contribution >= 0.6 is 0 Å². The van der Waals surface area contributed by atoms with Gasteiger partial charge in [-0.05, 0) is 55.3 Å². The van der Waals surface area contributed by atoms with Gasteiger partial charge in [0.1, 0.15) is 18.1 Å². The third-order valence-electron chi connectivity index (χ3n) is 8.45. The van der Waals surface area contributed by atoms with Crippen molar-refractivity contribution in [3.8, 4) is 11.5 Å². The molecule has 9 nitrogen and oxygen atoms in total. The molecule has 0 N–H and O–H groups in total. The molecule has 0 spiro atoms. The van der Waals surface area contributed by atoms with Gasteiger partial charge in [0, 0.05) is 52.2 Å². The Hall–Kier alpha value is -4.53. The third kappa shape index (κ3) is 10.0. The van der Waals surface area contributed by atoms with Crippen molar-refractivity contribution in [2.75, 3.05) is 57.9 Å². The summed E-state index contributed by atoms with van der Waals surface area (Å²) in [7, 11) is 1.57. The lowest BCUT2D eigenvalue weighted by molar-refractivity contribution is -0.142. The number of benzene rings is 2. The minimum atomic E-state index is -4.86. The number of methoxy groups -OCH3 is 1. The van der Waals surface area contributed by atoms with Gasteiger partial charge < -0.3 is 28.9 Å². The molecule has 1 aliphatic heterocycles. The molecule has 2 heterocycles. The number of hydrogen-bond donors (Lipinski definition) is 0. The molecule has 1 aromatic heterocycles. The minimum absolute atomic E-state index is 0.0243. The van der Waals surface area contributed by atoms with Crippen molar-refractivity contribution < 1.29 is 50.1 Å². The minimum Gasteiger partial charge on any atom is -0.489 e. The van der Waals surface area contributed by atoms with Crippen LogP contribution in [0, 0.1) is 0 Å². The van der Waals surface area contributed by atoms with Crippen molar-refractivity contribution in [1.82, 2.24) is 14.8 Å². The second-order valence-corrected chi connectivity index (χ2v) is 12.0. The van der Waals surface area contributed by atoms with Crippen molar-refractivity contribution in [3.63, 3.8) is 0 Å². The van der Waals surface area contributed by atoms with Crippen molar-refractivity contribution in [2.24, 2.45) is 0 Å². The number of hydrogen-bond acceptors (Lipinski definition) is 7. The molecule has 4 rings (SSSR count). The van der Waals surface area contributed by atoms with Gasteiger partial charge >= 0.3 is 12.4 Å². The Kier molecular flexibility index (Phi) is 13.6. The standard InChI is InChI=1S/C36H42F6N4O5/c1-4-8-30(46(17-5-2)33(47)27-24-43-16-15-28(27)36(40,41)42)32(51-26-13-11-25(12-14-26)35(37,38)39)34(48)45-20-18-44(19-21-45)29-9-6-7-10-31(29)50-23-22-49-3/h6-7,9-16,24,30,32H,4-5,8,17-23H2,1-3H3/t30?,32-/m0/s1. The van der Waals surface area contributed by atoms with E-state index in [1.807, 2.05) is 24.3 Å². The molecule has 2 aromatic carbocycles. The predicted molar refractivity (Wildman–Crippen MR) is 178 cm³/mol. The number of anilines is 1. The van der Waals surface area contributed by atoms with Gasteiger partial charge in [0.15, 0.2) is 6.10 Å². The summed E-state index contributed by atoms with van der Waals surface area (Å²) in [6, 6.07) is 10.9. The summed E-state index contributed by atoms with van der Waals surface area (Å²) in [5, 5.41) is 0. The Morgan fingerprint density at radius 3 is 2.18 bits per heavy atom. The zero-order valence-corrected chi connectivity index (χ0v) is 28.7. The van der Waals surface area contributed by atoms with Crippen LogP contribution in [0.15, 0.2) is 67.0 Å². The van der Waals surface area contributed by atoms with Crippen LogP contribution < -0.4 is 14.4 Å². The van der Waals surface area contributed by atoms with E-state index in [1.165, 1.54) is 4.90 Å². The highest BCUT2D eigenvalue weighted by atomic mass is 19.4. The van der Waals surface area contributed by atoms with E-state index in [9.17, 15) is 35.9 Å². The van der Waals surface area contributed by atoms with Crippen LogP contribution in [0.2, 0.25) is 0 Å². The second-order valence-electron chi connectivity index (χ2n) is 12.0. The van der Waals surface area contributed by atoms with E-state index < -0.39 is 53.0 Å². The highest BCUT2D eigenvalue weighted by Gasteiger charge is 2.42. The van der Waals surface area contributed by atoms with E-state index in [-0.39, 0.29) is 31.8 Å². The summed E-state index contributed by atoms with van der Waals surface area (Å²) in [6.45, 7) is 5.46. The van der Waals surface area contributed by atoms with Crippen molar-refractivity contribution in [1.29, 1.82) is 0 Å². The first-order chi connectivity index (χ1) is 24.3. The van der Waals surface area contributed by atoms with Gasteiger partial charge in [0.05, 0.1) is 35.0 Å². The van der Waals surface area contributed by atoms with Crippen LogP contribution in [-0.4, -0.2) is 91.8 Å². The monoisotopic (exact) mass is 724 g/mol. The lowest BCUT2D eigenvalue weighted by Crippen LogP contribution is -2.59. The van der Waals surface area contributed by atoms with Crippen LogP contribution in [-0.2, 0) is 21.9 Å². The molecule has 0 bridgehead atoms. The van der Waals surface area contributed by atoms with Crippen molar-refractivity contribution in [3.05, 3.63) is 83.7 Å². The Labute approximate surface area is 293 Å². The molecule has 0 saturated carbocycles. The number of piperazine rings is 1. The Balaban J connectivity index is 1.68. The molecule has 2 atom stereocenters. The predicted octanol–water partition coefficient (Wildman–Crippen LogP) is 6.96. The number of aromatic nitrogens is 1. The van der Waals surface area contributed by atoms with E-state index in [2.05, 4.69) is 9.88 Å². The smallest absolute Gasteiger partial charge is 0.417 e. The van der Waals surface area contributed by atoms with Gasteiger partial charge in [0.25, 0.3) is 11.8 Å². The first kappa shape index (κ1) is 39.3. The van der Waals surface area contributed by atoms with E-state index in [0.717, 1.165) is 42.3 Å². The molecule has 15 heteroatoms. The highest BCUT2D eigenvalue weighted by molar-refractivity contribution is 5.96. The maximum atomic E-state index is 14.5. The van der Waals surface area contributed by atoms with Crippen LogP contribution in [0.1, 0.15) is 54.6 Å². The largest absolute Gasteiger partial charge is 0.489 e. The number of rotatable bonds is 15. The molecule has 1 aliphatic rings. The fourth-order valence-corrected chi connectivity index (χ4v) is 5.98. The molecule has 1 saturated heterocycles. The Morgan fingerprint density at radius 2 is 1.57 bits per heavy atom. The van der Waals surface area contributed by atoms with E-state index in [4.69, 9.17) is 14.2 Å². The molecular formula is C36H42F6N4O5. The maximum absolute atomic E-state index is 14.5. The molecule has 51 heavy (non-hydrogen) atoms. The zero-order chi connectivity index (χ0) is 37.2. The van der Waals surface area contributed by atoms with Gasteiger partial charge in [-0.1, -0.05) is 32.4 Å². The van der Waals surface area contributed by atoms with E-state index in [0.29, 0.717) is 51.0 Å². The van der Waals surface area contributed by atoms with Crippen LogP contribution in [0.5, 0.6) is 11.5 Å². The quantitative estimate of drug-likeness (QED) is 0.124. The zero-order valence-electron chi connectivity index (χ0n) is 28.7. The average molecular weight is 725 g/mol. The lowest BCUT2D eigenvalue weighted by Gasteiger charge is -2.41. The molecule has 2 amide bonds. The highest BCUT2D eigenvalue weighted by Crippen LogP contribution is 2.35. The molecule has 1 fully saturated rings. The number of alkyl halides is 6. The number of carbonyl (C=O) groups excluding carboxylic acids is 2. The maximum Gasteiger partial charge on any atom is 0.417 e. The fraction of sp³-hybridized carbons (Fsp3) is 0.472. The topological polar surface area (TPSA) is 84.4 Å². The Morgan fingerprint density at radius 1 is 0.882 bits per heavy atom. The first-order valence-corrected chi connectivity index (χ1v) is 16.7. The SMILES string of the molecule is CCCC([C@H](Oc1ccc(C(F)(F)F)cc1)C(=O)N1CCN(c2ccccc2OCCOC)CC1)N(CCC)C(=O)c1cnccc1C(F)(F)F. The van der Waals surface area contributed by atoms with Gasteiger partial charge in [-0.3, -0.25) is 14.6 Å². The van der Waals surface area contributed by atoms with E-state index >= 15 is 0 Å². The summed E-state index contributed by atoms with van der Waals surface area (Å²) in [6.07, 6.45) is -8.25. The number of para-hydroxylation sites is 2. The number of halogens is 6. The number of pyridine rings is 1. The molecule has 1 unspecified atom stereocenters. The average Bonchev–Trinajstić information content (AvgIpc) is 3.11. The number of carbonyl (C=O) groups is 2. The molecule has 3 aromatic rings. The lowest BCUT2D eigenvalue weighted by atomic mass is 9.99. The normalized spacial score (nSPS) is 14.9.